The van der Waals surface area contributed by atoms with E-state index in [9.17, 15) is 0 Å². The van der Waals surface area contributed by atoms with Gasteiger partial charge in [0, 0.05) is 13.6 Å². The molecule has 5 heavy (non-hydrogen) atoms. The van der Waals surface area contributed by atoms with E-state index in [1.54, 1.807) is 0 Å². The van der Waals surface area contributed by atoms with Gasteiger partial charge in [-0.05, 0) is 5.92 Å². The summed E-state index contributed by atoms with van der Waals surface area (Å²) in [4.78, 5) is 0. The molecule has 0 aromatic rings. The van der Waals surface area contributed by atoms with Crippen molar-refractivity contribution in [1.29, 1.82) is 0 Å². The molecule has 0 saturated heterocycles. The van der Waals surface area contributed by atoms with Crippen molar-refractivity contribution in [3.05, 3.63) is 0 Å². The quantitative estimate of drug-likeness (QED) is 0.492. The minimum absolute atomic E-state index is 0.0278. The van der Waals surface area contributed by atoms with E-state index in [0.29, 0.717) is 0 Å². The van der Waals surface area contributed by atoms with Gasteiger partial charge in [0.05, 0.1) is 0 Å². The molecule has 0 rings (SSSR count). The van der Waals surface area contributed by atoms with Gasteiger partial charge in [-0.25, -0.2) is 0 Å². The zero-order valence-corrected chi connectivity index (χ0v) is 4.25. The first-order valence-corrected chi connectivity index (χ1v) is 2.37. The molecule has 0 atom stereocenters. The highest BCUT2D eigenvalue weighted by Gasteiger charge is 1.81. The Labute approximate surface area is 50.1 Å². The van der Waals surface area contributed by atoms with Crippen molar-refractivity contribution in [3.8, 4) is 0 Å². The van der Waals surface area contributed by atoms with Crippen LogP contribution in [0, 0.1) is 5.92 Å². The SMILES string of the molecule is [2H]C([2H])([2H])C(CBr)C([2H])([2H])[2H]. The van der Waals surface area contributed by atoms with Crippen molar-refractivity contribution in [2.45, 2.75) is 13.7 Å². The Morgan fingerprint density at radius 2 is 2.60 bits per heavy atom. The molecule has 0 aliphatic heterocycles. The first kappa shape index (κ1) is 1.00. The van der Waals surface area contributed by atoms with Crippen molar-refractivity contribution >= 4 is 15.9 Å². The van der Waals surface area contributed by atoms with Gasteiger partial charge in [0.2, 0.25) is 0 Å². The molecular weight excluding hydrogens is 128 g/mol. The summed E-state index contributed by atoms with van der Waals surface area (Å²) in [5.41, 5.74) is 0. The summed E-state index contributed by atoms with van der Waals surface area (Å²) in [6.07, 6.45) is 0. The smallest absolute Gasteiger partial charge is 0.0233 e. The van der Waals surface area contributed by atoms with Crippen molar-refractivity contribution in [2.24, 2.45) is 5.92 Å². The molecule has 0 aromatic heterocycles. The van der Waals surface area contributed by atoms with Crippen molar-refractivity contribution in [2.75, 3.05) is 5.33 Å². The van der Waals surface area contributed by atoms with Gasteiger partial charge in [-0.2, -0.15) is 0 Å². The fourth-order valence-corrected chi connectivity index (χ4v) is 0. The molecule has 0 bridgehead atoms. The Hall–Kier alpha value is 0.480. The lowest BCUT2D eigenvalue weighted by molar-refractivity contribution is 0.756. The topological polar surface area (TPSA) is 0 Å². The van der Waals surface area contributed by atoms with Crippen LogP contribution in [0.2, 0.25) is 0 Å². The number of hydrogen-bond donors (Lipinski definition) is 0. The summed E-state index contributed by atoms with van der Waals surface area (Å²) >= 11 is 2.87. The zero-order valence-electron chi connectivity index (χ0n) is 8.66. The standard InChI is InChI=1S/C4H9Br/c1-4(2)3-5/h4H,3H2,1-2H3/i1D3,2D3. The van der Waals surface area contributed by atoms with Gasteiger partial charge >= 0.3 is 0 Å². The second-order valence-corrected chi connectivity index (χ2v) is 1.35. The molecule has 0 unspecified atom stereocenters. The number of alkyl halides is 1. The third-order valence-corrected chi connectivity index (χ3v) is 0.802. The summed E-state index contributed by atoms with van der Waals surface area (Å²) in [6.45, 7) is -4.82. The molecule has 0 heterocycles. The van der Waals surface area contributed by atoms with Crippen LogP contribution in [0.1, 0.15) is 21.9 Å². The van der Waals surface area contributed by atoms with Gasteiger partial charge < -0.3 is 0 Å². The summed E-state index contributed by atoms with van der Waals surface area (Å²) in [7, 11) is 0. The predicted molar refractivity (Wildman–Crippen MR) is 28.6 cm³/mol. The monoisotopic (exact) mass is 142 g/mol. The normalized spacial score (nSPS) is 32.4. The summed E-state index contributed by atoms with van der Waals surface area (Å²) < 4.78 is 41.3. The Balaban J connectivity index is 4.43. The molecule has 32 valence electrons. The van der Waals surface area contributed by atoms with E-state index in [4.69, 9.17) is 8.22 Å². The van der Waals surface area contributed by atoms with E-state index in [-0.39, 0.29) is 5.33 Å². The van der Waals surface area contributed by atoms with Crippen LogP contribution in [-0.4, -0.2) is 5.33 Å². The van der Waals surface area contributed by atoms with Crippen LogP contribution >= 0.6 is 15.9 Å². The fraction of sp³-hybridized carbons (Fsp3) is 1.00. The maximum absolute atomic E-state index is 6.89. The average Bonchev–Trinajstić information content (AvgIpc) is 1.56. The fourth-order valence-electron chi connectivity index (χ4n) is 0. The van der Waals surface area contributed by atoms with Crippen LogP contribution in [0.15, 0.2) is 0 Å². The van der Waals surface area contributed by atoms with Gasteiger partial charge in [-0.15, -0.1) is 0 Å². The molecule has 0 fully saturated rings. The summed E-state index contributed by atoms with van der Waals surface area (Å²) in [5, 5.41) is -0.0278. The van der Waals surface area contributed by atoms with Crippen molar-refractivity contribution < 1.29 is 8.22 Å². The highest BCUT2D eigenvalue weighted by atomic mass is 79.9. The lowest BCUT2D eigenvalue weighted by Crippen LogP contribution is -1.82. The minimum Gasteiger partial charge on any atom is -0.0925 e. The van der Waals surface area contributed by atoms with Crippen LogP contribution in [-0.2, 0) is 0 Å². The number of rotatable bonds is 1. The predicted octanol–water partition coefficient (Wildman–Crippen LogP) is 2.04. The lowest BCUT2D eigenvalue weighted by Gasteiger charge is -1.88. The number of halogens is 1. The molecular formula is C4H9Br. The molecule has 0 aromatic carbocycles. The van der Waals surface area contributed by atoms with Gasteiger partial charge in [-0.1, -0.05) is 29.6 Å². The summed E-state index contributed by atoms with van der Waals surface area (Å²) in [6, 6.07) is 0. The second-order valence-electron chi connectivity index (χ2n) is 0.707. The van der Waals surface area contributed by atoms with Crippen molar-refractivity contribution in [3.63, 3.8) is 0 Å². The van der Waals surface area contributed by atoms with E-state index in [0.717, 1.165) is 0 Å². The molecule has 1 heteroatoms. The molecule has 0 saturated carbocycles. The Morgan fingerprint density at radius 1 is 2.00 bits per heavy atom. The van der Waals surface area contributed by atoms with Gasteiger partial charge in [0.15, 0.2) is 0 Å². The maximum atomic E-state index is 6.89. The molecule has 0 amide bonds. The van der Waals surface area contributed by atoms with Crippen LogP contribution in [0.5, 0.6) is 0 Å². The van der Waals surface area contributed by atoms with Crippen LogP contribution in [0.4, 0.5) is 0 Å². The van der Waals surface area contributed by atoms with Gasteiger partial charge in [-0.3, -0.25) is 0 Å². The Kier molecular flexibility index (Phi) is 0.541. The average molecular weight is 143 g/mol. The van der Waals surface area contributed by atoms with E-state index in [1.165, 1.54) is 0 Å². The van der Waals surface area contributed by atoms with E-state index < -0.39 is 19.6 Å². The molecule has 0 aliphatic rings. The van der Waals surface area contributed by atoms with Gasteiger partial charge in [0.25, 0.3) is 0 Å². The highest BCUT2D eigenvalue weighted by Crippen LogP contribution is 1.94. The minimum atomic E-state index is -2.41. The third-order valence-electron chi connectivity index (χ3n) is 0.154. The molecule has 0 N–H and O–H groups in total. The molecule has 0 radical (unpaired) electrons. The lowest BCUT2D eigenvalue weighted by atomic mass is 10.3. The van der Waals surface area contributed by atoms with E-state index in [1.807, 2.05) is 0 Å². The second kappa shape index (κ2) is 2.70. The number of hydrogen-bond acceptors (Lipinski definition) is 0. The zero-order chi connectivity index (χ0) is 9.28. The first-order valence-electron chi connectivity index (χ1n) is 4.25. The third kappa shape index (κ3) is 4.48. The van der Waals surface area contributed by atoms with Crippen molar-refractivity contribution in [1.82, 2.24) is 0 Å². The first-order chi connectivity index (χ1) is 4.69. The van der Waals surface area contributed by atoms with E-state index in [2.05, 4.69) is 15.9 Å². The largest absolute Gasteiger partial charge is 0.0925 e. The van der Waals surface area contributed by atoms with Gasteiger partial charge in [0.1, 0.15) is 0 Å². The molecule has 0 aliphatic carbocycles. The Bertz CT molecular complexity index is 110. The van der Waals surface area contributed by atoms with Crippen LogP contribution in [0.3, 0.4) is 0 Å². The molecule has 0 nitrogen and oxygen atoms in total. The maximum Gasteiger partial charge on any atom is 0.0233 e. The highest BCUT2D eigenvalue weighted by molar-refractivity contribution is 9.09. The Morgan fingerprint density at radius 3 is 2.60 bits per heavy atom. The van der Waals surface area contributed by atoms with Crippen LogP contribution < -0.4 is 0 Å². The van der Waals surface area contributed by atoms with E-state index >= 15 is 0 Å². The van der Waals surface area contributed by atoms with Crippen LogP contribution in [0.25, 0.3) is 0 Å². The molecule has 0 spiro atoms. The summed E-state index contributed by atoms with van der Waals surface area (Å²) in [5.74, 6) is -1.27.